The van der Waals surface area contributed by atoms with Crippen molar-refractivity contribution in [3.8, 4) is 0 Å². The summed E-state index contributed by atoms with van der Waals surface area (Å²) in [5, 5.41) is -1.09. The van der Waals surface area contributed by atoms with Crippen molar-refractivity contribution in [2.45, 2.75) is 0 Å². The molecule has 0 spiro atoms. The number of rotatable bonds is 3. The van der Waals surface area contributed by atoms with Gasteiger partial charge in [-0.2, -0.15) is 0 Å². The van der Waals surface area contributed by atoms with Gasteiger partial charge in [0.15, 0.2) is 0 Å². The van der Waals surface area contributed by atoms with Crippen LogP contribution >= 0.6 is 15.2 Å². The third-order valence-electron chi connectivity index (χ3n) is 0.910. The molecule has 0 radical (unpaired) electrons. The van der Waals surface area contributed by atoms with Crippen molar-refractivity contribution in [3.05, 3.63) is 11.6 Å². The number of hydrogen-bond acceptors (Lipinski definition) is 3. The van der Waals surface area contributed by atoms with Crippen LogP contribution in [0, 0.1) is 0 Å². The van der Waals surface area contributed by atoms with Crippen LogP contribution in [0.5, 0.6) is 0 Å². The Bertz CT molecular complexity index is 251. The lowest BCUT2D eigenvalue weighted by Crippen LogP contribution is -1.89. The van der Waals surface area contributed by atoms with Crippen molar-refractivity contribution in [3.63, 3.8) is 0 Å². The maximum atomic E-state index is 10.7. The van der Waals surface area contributed by atoms with Gasteiger partial charge in [-0.25, -0.2) is 0 Å². The van der Waals surface area contributed by atoms with Crippen LogP contribution < -0.4 is 0 Å². The van der Waals surface area contributed by atoms with E-state index in [0.717, 1.165) is 7.11 Å². The smallest absolute Gasteiger partial charge is 0.321 e. The second-order valence-electron chi connectivity index (χ2n) is 1.66. The van der Waals surface area contributed by atoms with Gasteiger partial charge in [-0.05, 0) is 0 Å². The molecular formula is C3H8O6P2. The molecule has 0 fully saturated rings. The largest absolute Gasteiger partial charge is 0.366 e. The van der Waals surface area contributed by atoms with Gasteiger partial charge in [0.1, 0.15) is 5.06 Å². The Kier molecular flexibility index (Phi) is 3.20. The fraction of sp³-hybridized carbons (Fsp3) is 0.333. The molecular weight excluding hydrogens is 194 g/mol. The predicted molar refractivity (Wildman–Crippen MR) is 38.0 cm³/mol. The second kappa shape index (κ2) is 3.19. The Hall–Kier alpha value is 0.0400. The lowest BCUT2D eigenvalue weighted by atomic mass is 11.2. The maximum absolute atomic E-state index is 10.7. The van der Waals surface area contributed by atoms with Crippen molar-refractivity contribution >= 4 is 15.2 Å². The van der Waals surface area contributed by atoms with Crippen LogP contribution in [0.15, 0.2) is 11.6 Å². The summed E-state index contributed by atoms with van der Waals surface area (Å²) in [7, 11) is -8.21. The highest BCUT2D eigenvalue weighted by Gasteiger charge is 2.35. The van der Waals surface area contributed by atoms with E-state index in [1.165, 1.54) is 0 Å². The predicted octanol–water partition coefficient (Wildman–Crippen LogP) is 0.467. The van der Waals surface area contributed by atoms with Crippen molar-refractivity contribution in [2.24, 2.45) is 0 Å². The average Bonchev–Trinajstić information content (AvgIpc) is 1.84. The third kappa shape index (κ3) is 2.87. The Balaban J connectivity index is 4.80. The van der Waals surface area contributed by atoms with E-state index in [1.807, 2.05) is 0 Å². The molecule has 0 rings (SSSR count). The topological polar surface area (TPSA) is 104 Å². The van der Waals surface area contributed by atoms with Gasteiger partial charge in [0, 0.05) is 7.11 Å². The first kappa shape index (κ1) is 11.0. The third-order valence-corrected chi connectivity index (χ3v) is 4.27. The molecule has 0 bridgehead atoms. The van der Waals surface area contributed by atoms with E-state index in [2.05, 4.69) is 11.1 Å². The van der Waals surface area contributed by atoms with Crippen LogP contribution in [0.4, 0.5) is 0 Å². The first-order valence-electron chi connectivity index (χ1n) is 2.36. The highest BCUT2D eigenvalue weighted by atomic mass is 31.2. The Morgan fingerprint density at radius 2 is 1.73 bits per heavy atom. The van der Waals surface area contributed by atoms with Crippen LogP contribution in [0.1, 0.15) is 0 Å². The molecule has 0 amide bonds. The molecule has 0 aliphatic rings. The van der Waals surface area contributed by atoms with Gasteiger partial charge in [0.2, 0.25) is 0 Å². The zero-order valence-corrected chi connectivity index (χ0v) is 7.46. The standard InChI is InChI=1S/C3H8O6P2/c1-3(10(4,5)6)11(7,8)9-2/h1H2,2H3,(H,7,8)(H2,4,5,6). The lowest BCUT2D eigenvalue weighted by molar-refractivity contribution is 0.321. The molecule has 11 heavy (non-hydrogen) atoms. The molecule has 0 heterocycles. The molecule has 3 N–H and O–H groups in total. The monoisotopic (exact) mass is 202 g/mol. The first-order valence-corrected chi connectivity index (χ1v) is 5.55. The molecule has 1 atom stereocenters. The zero-order valence-electron chi connectivity index (χ0n) is 5.67. The van der Waals surface area contributed by atoms with E-state index in [4.69, 9.17) is 14.7 Å². The summed E-state index contributed by atoms with van der Waals surface area (Å²) >= 11 is 0. The molecule has 0 aromatic carbocycles. The molecule has 6 nitrogen and oxygen atoms in total. The summed E-state index contributed by atoms with van der Waals surface area (Å²) < 4.78 is 24.9. The van der Waals surface area contributed by atoms with Crippen LogP contribution in [-0.2, 0) is 13.7 Å². The van der Waals surface area contributed by atoms with Crippen LogP contribution in [0.3, 0.4) is 0 Å². The van der Waals surface area contributed by atoms with Crippen molar-refractivity contribution in [1.82, 2.24) is 0 Å². The van der Waals surface area contributed by atoms with Crippen molar-refractivity contribution in [2.75, 3.05) is 7.11 Å². The molecule has 0 aromatic rings. The van der Waals surface area contributed by atoms with Gasteiger partial charge in [0.25, 0.3) is 0 Å². The van der Waals surface area contributed by atoms with E-state index < -0.39 is 20.2 Å². The fourth-order valence-corrected chi connectivity index (χ4v) is 2.04. The van der Waals surface area contributed by atoms with Gasteiger partial charge < -0.3 is 19.2 Å². The molecule has 0 aromatic heterocycles. The summed E-state index contributed by atoms with van der Waals surface area (Å²) in [4.78, 5) is 25.4. The fourth-order valence-electron chi connectivity index (χ4n) is 0.270. The molecule has 66 valence electrons. The maximum Gasteiger partial charge on any atom is 0.366 e. The average molecular weight is 202 g/mol. The summed E-state index contributed by atoms with van der Waals surface area (Å²) in [6.07, 6.45) is 0. The minimum Gasteiger partial charge on any atom is -0.321 e. The molecule has 0 aliphatic heterocycles. The molecule has 0 saturated carbocycles. The second-order valence-corrected chi connectivity index (χ2v) is 5.59. The van der Waals surface area contributed by atoms with Crippen LogP contribution in [-0.4, -0.2) is 21.8 Å². The van der Waals surface area contributed by atoms with E-state index in [-0.39, 0.29) is 0 Å². The van der Waals surface area contributed by atoms with E-state index in [9.17, 15) is 9.13 Å². The summed E-state index contributed by atoms with van der Waals surface area (Å²) in [5.74, 6) is 0. The minimum atomic E-state index is -4.73. The van der Waals surface area contributed by atoms with Gasteiger partial charge in [-0.15, -0.1) is 0 Å². The SMILES string of the molecule is C=C(P(=O)(O)O)P(=O)(O)OC. The molecule has 0 saturated heterocycles. The van der Waals surface area contributed by atoms with Gasteiger partial charge in [-0.3, -0.25) is 9.13 Å². The Morgan fingerprint density at radius 1 is 1.36 bits per heavy atom. The molecule has 8 heteroatoms. The van der Waals surface area contributed by atoms with Crippen LogP contribution in [0.25, 0.3) is 0 Å². The lowest BCUT2D eigenvalue weighted by Gasteiger charge is -2.11. The highest BCUT2D eigenvalue weighted by molar-refractivity contribution is 7.77. The Labute approximate surface area is 63.2 Å². The van der Waals surface area contributed by atoms with E-state index in [0.29, 0.717) is 0 Å². The summed E-state index contributed by atoms with van der Waals surface area (Å²) in [6, 6.07) is 0. The van der Waals surface area contributed by atoms with Crippen molar-refractivity contribution in [1.29, 1.82) is 0 Å². The van der Waals surface area contributed by atoms with E-state index in [1.54, 1.807) is 0 Å². The summed E-state index contributed by atoms with van der Waals surface area (Å²) in [6.45, 7) is 2.77. The van der Waals surface area contributed by atoms with Crippen molar-refractivity contribution < 1.29 is 28.3 Å². The molecule has 0 aliphatic carbocycles. The molecule has 1 unspecified atom stereocenters. The summed E-state index contributed by atoms with van der Waals surface area (Å²) in [5.41, 5.74) is 0. The van der Waals surface area contributed by atoms with Gasteiger partial charge in [-0.1, -0.05) is 6.58 Å². The first-order chi connectivity index (χ1) is 4.72. The minimum absolute atomic E-state index is 0.863. The van der Waals surface area contributed by atoms with Crippen LogP contribution in [0.2, 0.25) is 0 Å². The highest BCUT2D eigenvalue weighted by Crippen LogP contribution is 2.65. The van der Waals surface area contributed by atoms with Gasteiger partial charge >= 0.3 is 15.2 Å². The normalized spacial score (nSPS) is 17.5. The van der Waals surface area contributed by atoms with E-state index >= 15 is 0 Å². The Morgan fingerprint density at radius 3 is 1.82 bits per heavy atom. The quantitative estimate of drug-likeness (QED) is 0.574. The number of hydrogen-bond donors (Lipinski definition) is 3. The van der Waals surface area contributed by atoms with Gasteiger partial charge in [0.05, 0.1) is 0 Å². The zero-order chi connectivity index (χ0) is 9.28.